The van der Waals surface area contributed by atoms with Gasteiger partial charge in [0.05, 0.1) is 17.2 Å². The number of hydrogen-bond acceptors (Lipinski definition) is 6. The van der Waals surface area contributed by atoms with Gasteiger partial charge < -0.3 is 9.84 Å². The Morgan fingerprint density at radius 3 is 3.00 bits per heavy atom. The maximum absolute atomic E-state index is 12.3. The van der Waals surface area contributed by atoms with E-state index in [1.807, 2.05) is 11.4 Å². The second-order valence-corrected chi connectivity index (χ2v) is 5.37. The lowest BCUT2D eigenvalue weighted by molar-refractivity contribution is 0.102. The summed E-state index contributed by atoms with van der Waals surface area (Å²) in [6.45, 7) is 1.73. The Kier molecular flexibility index (Phi) is 3.68. The number of carbonyl (C=O) groups is 1. The third-order valence-corrected chi connectivity index (χ3v) is 3.73. The van der Waals surface area contributed by atoms with Crippen LogP contribution in [0.3, 0.4) is 0 Å². The Morgan fingerprint density at radius 2 is 2.27 bits per heavy atom. The van der Waals surface area contributed by atoms with Gasteiger partial charge in [0.1, 0.15) is 5.00 Å². The molecule has 0 saturated carbocycles. The van der Waals surface area contributed by atoms with E-state index in [1.165, 1.54) is 11.3 Å². The smallest absolute Gasteiger partial charge is 0.260 e. The summed E-state index contributed by atoms with van der Waals surface area (Å²) in [4.78, 5) is 16.4. The lowest BCUT2D eigenvalue weighted by Gasteiger charge is -2.04. The zero-order valence-electron chi connectivity index (χ0n) is 11.5. The number of rotatable bonds is 3. The molecule has 3 aromatic rings. The average molecular weight is 310 g/mol. The molecule has 1 aromatic carbocycles. The minimum absolute atomic E-state index is 0.294. The van der Waals surface area contributed by atoms with Crippen LogP contribution in [0, 0.1) is 18.3 Å². The van der Waals surface area contributed by atoms with E-state index in [4.69, 9.17) is 9.78 Å². The molecule has 22 heavy (non-hydrogen) atoms. The minimum Gasteiger partial charge on any atom is -0.334 e. The standard InChI is InChI=1S/C15H10N4O2S/c1-9-17-14(21-19-9)12-5-6-22-15(12)18-13(20)11-4-2-3-10(7-11)8-16/h2-7H,1H3,(H,18,20). The zero-order chi connectivity index (χ0) is 15.5. The van der Waals surface area contributed by atoms with Crippen LogP contribution in [0.15, 0.2) is 40.2 Å². The van der Waals surface area contributed by atoms with E-state index in [9.17, 15) is 4.79 Å². The number of amides is 1. The van der Waals surface area contributed by atoms with E-state index in [0.717, 1.165) is 0 Å². The number of benzene rings is 1. The summed E-state index contributed by atoms with van der Waals surface area (Å²) in [7, 11) is 0. The quantitative estimate of drug-likeness (QED) is 0.801. The van der Waals surface area contributed by atoms with Crippen molar-refractivity contribution in [1.29, 1.82) is 5.26 Å². The monoisotopic (exact) mass is 310 g/mol. The summed E-state index contributed by atoms with van der Waals surface area (Å²) in [5, 5.41) is 17.9. The van der Waals surface area contributed by atoms with E-state index in [1.54, 1.807) is 37.3 Å². The number of carbonyl (C=O) groups excluding carboxylic acids is 1. The Hall–Kier alpha value is -2.98. The molecule has 0 atom stereocenters. The van der Waals surface area contributed by atoms with Crippen LogP contribution >= 0.6 is 11.3 Å². The molecule has 0 fully saturated rings. The van der Waals surface area contributed by atoms with Crippen LogP contribution in [-0.2, 0) is 0 Å². The molecular weight excluding hydrogens is 300 g/mol. The Bertz CT molecular complexity index is 876. The van der Waals surface area contributed by atoms with Crippen LogP contribution < -0.4 is 5.32 Å². The molecule has 0 aliphatic rings. The van der Waals surface area contributed by atoms with Gasteiger partial charge in [-0.15, -0.1) is 11.3 Å². The van der Waals surface area contributed by atoms with Gasteiger partial charge >= 0.3 is 0 Å². The summed E-state index contributed by atoms with van der Waals surface area (Å²) in [5.74, 6) is 0.595. The van der Waals surface area contributed by atoms with Crippen LogP contribution in [0.4, 0.5) is 5.00 Å². The number of aromatic nitrogens is 2. The van der Waals surface area contributed by atoms with Gasteiger partial charge in [-0.2, -0.15) is 10.2 Å². The predicted octanol–water partition coefficient (Wildman–Crippen LogP) is 3.23. The van der Waals surface area contributed by atoms with Crippen molar-refractivity contribution in [1.82, 2.24) is 10.1 Å². The molecule has 3 rings (SSSR count). The molecule has 2 aromatic heterocycles. The fourth-order valence-corrected chi connectivity index (χ4v) is 2.66. The molecule has 0 aliphatic heterocycles. The SMILES string of the molecule is Cc1noc(-c2ccsc2NC(=O)c2cccc(C#N)c2)n1. The second-order valence-electron chi connectivity index (χ2n) is 4.46. The Labute approximate surface area is 130 Å². The number of aryl methyl sites for hydroxylation is 1. The number of nitrogens with one attached hydrogen (secondary N) is 1. The van der Waals surface area contributed by atoms with E-state index in [2.05, 4.69) is 15.5 Å². The highest BCUT2D eigenvalue weighted by Gasteiger charge is 2.16. The summed E-state index contributed by atoms with van der Waals surface area (Å²) in [6, 6.07) is 10.3. The highest BCUT2D eigenvalue weighted by Crippen LogP contribution is 2.32. The topological polar surface area (TPSA) is 91.8 Å². The molecule has 1 N–H and O–H groups in total. The van der Waals surface area contributed by atoms with E-state index < -0.39 is 0 Å². The second kappa shape index (κ2) is 5.79. The molecule has 2 heterocycles. The van der Waals surface area contributed by atoms with E-state index >= 15 is 0 Å². The summed E-state index contributed by atoms with van der Waals surface area (Å²) in [5.41, 5.74) is 1.53. The molecule has 108 valence electrons. The molecule has 7 heteroatoms. The number of nitrogens with zero attached hydrogens (tertiary/aromatic N) is 3. The van der Waals surface area contributed by atoms with Crippen molar-refractivity contribution in [2.24, 2.45) is 0 Å². The van der Waals surface area contributed by atoms with Crippen LogP contribution in [0.2, 0.25) is 0 Å². The molecular formula is C15H10N4O2S. The molecule has 0 saturated heterocycles. The van der Waals surface area contributed by atoms with Gasteiger partial charge in [0.25, 0.3) is 11.8 Å². The van der Waals surface area contributed by atoms with Crippen molar-refractivity contribution in [2.75, 3.05) is 5.32 Å². The van der Waals surface area contributed by atoms with Gasteiger partial charge in [-0.25, -0.2) is 0 Å². The molecule has 0 unspecified atom stereocenters. The van der Waals surface area contributed by atoms with E-state index in [0.29, 0.717) is 33.4 Å². The van der Waals surface area contributed by atoms with Crippen LogP contribution in [-0.4, -0.2) is 16.0 Å². The fourth-order valence-electron chi connectivity index (χ4n) is 1.89. The van der Waals surface area contributed by atoms with Crippen molar-refractivity contribution in [2.45, 2.75) is 6.92 Å². The first-order valence-electron chi connectivity index (χ1n) is 6.37. The lowest BCUT2D eigenvalue weighted by Crippen LogP contribution is -2.11. The minimum atomic E-state index is -0.294. The highest BCUT2D eigenvalue weighted by atomic mass is 32.1. The van der Waals surface area contributed by atoms with Crippen molar-refractivity contribution >= 4 is 22.2 Å². The number of nitriles is 1. The Balaban J connectivity index is 1.86. The van der Waals surface area contributed by atoms with Crippen molar-refractivity contribution < 1.29 is 9.32 Å². The zero-order valence-corrected chi connectivity index (χ0v) is 12.3. The lowest BCUT2D eigenvalue weighted by atomic mass is 10.1. The molecule has 1 amide bonds. The molecule has 0 spiro atoms. The van der Waals surface area contributed by atoms with Gasteiger partial charge in [0.15, 0.2) is 5.82 Å². The average Bonchev–Trinajstić information content (AvgIpc) is 3.16. The van der Waals surface area contributed by atoms with Gasteiger partial charge in [-0.05, 0) is 36.6 Å². The normalized spacial score (nSPS) is 10.2. The van der Waals surface area contributed by atoms with Gasteiger partial charge in [0.2, 0.25) is 0 Å². The van der Waals surface area contributed by atoms with Crippen LogP contribution in [0.1, 0.15) is 21.7 Å². The Morgan fingerprint density at radius 1 is 1.41 bits per heavy atom. The summed E-state index contributed by atoms with van der Waals surface area (Å²) < 4.78 is 5.12. The first kappa shape index (κ1) is 14.0. The third-order valence-electron chi connectivity index (χ3n) is 2.90. The van der Waals surface area contributed by atoms with Gasteiger partial charge in [-0.3, -0.25) is 4.79 Å². The maximum Gasteiger partial charge on any atom is 0.260 e. The van der Waals surface area contributed by atoms with E-state index in [-0.39, 0.29) is 5.91 Å². The van der Waals surface area contributed by atoms with Crippen LogP contribution in [0.5, 0.6) is 0 Å². The first-order chi connectivity index (χ1) is 10.7. The summed E-state index contributed by atoms with van der Waals surface area (Å²) >= 11 is 1.36. The van der Waals surface area contributed by atoms with Crippen molar-refractivity contribution in [3.8, 4) is 17.5 Å². The van der Waals surface area contributed by atoms with Gasteiger partial charge in [0, 0.05) is 5.56 Å². The number of anilines is 1. The fraction of sp³-hybridized carbons (Fsp3) is 0.0667. The summed E-state index contributed by atoms with van der Waals surface area (Å²) in [6.07, 6.45) is 0. The molecule has 0 bridgehead atoms. The maximum atomic E-state index is 12.3. The van der Waals surface area contributed by atoms with Gasteiger partial charge in [-0.1, -0.05) is 11.2 Å². The highest BCUT2D eigenvalue weighted by molar-refractivity contribution is 7.15. The number of hydrogen-bond donors (Lipinski definition) is 1. The predicted molar refractivity (Wildman–Crippen MR) is 81.5 cm³/mol. The molecule has 0 radical (unpaired) electrons. The largest absolute Gasteiger partial charge is 0.334 e. The van der Waals surface area contributed by atoms with Crippen molar-refractivity contribution in [3.05, 3.63) is 52.7 Å². The van der Waals surface area contributed by atoms with Crippen LogP contribution in [0.25, 0.3) is 11.5 Å². The number of thiophene rings is 1. The molecule has 6 nitrogen and oxygen atoms in total. The molecule has 0 aliphatic carbocycles. The first-order valence-corrected chi connectivity index (χ1v) is 7.25. The third kappa shape index (κ3) is 2.73. The van der Waals surface area contributed by atoms with Crippen molar-refractivity contribution in [3.63, 3.8) is 0 Å².